The molecule has 0 spiro atoms. The summed E-state index contributed by atoms with van der Waals surface area (Å²) in [7, 11) is 0. The lowest BCUT2D eigenvalue weighted by Gasteiger charge is -2.12. The maximum atomic E-state index is 12.7. The molecule has 33 heavy (non-hydrogen) atoms. The fourth-order valence-corrected chi connectivity index (χ4v) is 4.63. The first-order valence-corrected chi connectivity index (χ1v) is 11.5. The van der Waals surface area contributed by atoms with Crippen molar-refractivity contribution in [2.75, 3.05) is 0 Å². The van der Waals surface area contributed by atoms with Crippen LogP contribution in [0.2, 0.25) is 0 Å². The largest absolute Gasteiger partial charge is 0.489 e. The Balaban J connectivity index is 1.26. The minimum absolute atomic E-state index is 0.245. The van der Waals surface area contributed by atoms with Gasteiger partial charge in [0, 0.05) is 0 Å². The number of hydrogen-bond donors (Lipinski definition) is 0. The topological polar surface area (TPSA) is 46.6 Å². The Bertz CT molecular complexity index is 1340. The van der Waals surface area contributed by atoms with Crippen LogP contribution in [0.25, 0.3) is 16.8 Å². The van der Waals surface area contributed by atoms with E-state index in [2.05, 4.69) is 24.3 Å². The second kappa shape index (κ2) is 9.35. The third-order valence-corrected chi connectivity index (χ3v) is 6.42. The lowest BCUT2D eigenvalue weighted by atomic mass is 10.1. The number of carbonyl (C=O) groups is 2. The number of imide groups is 1. The fourth-order valence-electron chi connectivity index (χ4n) is 3.79. The molecule has 5 rings (SSSR count). The number of ether oxygens (including phenoxy) is 1. The van der Waals surface area contributed by atoms with Crippen molar-refractivity contribution in [1.29, 1.82) is 0 Å². The van der Waals surface area contributed by atoms with Gasteiger partial charge in [-0.25, -0.2) is 0 Å². The Morgan fingerprint density at radius 1 is 0.788 bits per heavy atom. The second-order valence-electron chi connectivity index (χ2n) is 7.75. The summed E-state index contributed by atoms with van der Waals surface area (Å²) >= 11 is 0.976. The number of nitrogens with zero attached hydrogens (tertiary/aromatic N) is 1. The summed E-state index contributed by atoms with van der Waals surface area (Å²) in [6.07, 6.45) is 1.75. The number of hydrogen-bond acceptors (Lipinski definition) is 4. The number of rotatable bonds is 6. The van der Waals surface area contributed by atoms with Crippen molar-refractivity contribution < 1.29 is 14.3 Å². The zero-order chi connectivity index (χ0) is 22.6. The van der Waals surface area contributed by atoms with Crippen LogP contribution >= 0.6 is 11.8 Å². The summed E-state index contributed by atoms with van der Waals surface area (Å²) in [6.45, 7) is 0.753. The minimum Gasteiger partial charge on any atom is -0.489 e. The molecule has 0 atom stereocenters. The molecule has 0 saturated carbocycles. The Morgan fingerprint density at radius 2 is 1.52 bits per heavy atom. The van der Waals surface area contributed by atoms with Gasteiger partial charge in [0.1, 0.15) is 12.4 Å². The lowest BCUT2D eigenvalue weighted by molar-refractivity contribution is -0.123. The molecule has 162 valence electrons. The maximum Gasteiger partial charge on any atom is 0.293 e. The van der Waals surface area contributed by atoms with Gasteiger partial charge in [-0.3, -0.25) is 14.5 Å². The summed E-state index contributed by atoms with van der Waals surface area (Å²) < 4.78 is 5.99. The van der Waals surface area contributed by atoms with Gasteiger partial charge in [0.05, 0.1) is 11.4 Å². The summed E-state index contributed by atoms with van der Waals surface area (Å²) in [5, 5.41) is 2.13. The van der Waals surface area contributed by atoms with Crippen molar-refractivity contribution in [3.05, 3.63) is 119 Å². The van der Waals surface area contributed by atoms with E-state index in [0.717, 1.165) is 34.2 Å². The van der Waals surface area contributed by atoms with Crippen LogP contribution in [-0.4, -0.2) is 16.0 Å². The van der Waals surface area contributed by atoms with Crippen molar-refractivity contribution in [3.8, 4) is 5.75 Å². The molecule has 0 N–H and O–H groups in total. The van der Waals surface area contributed by atoms with Gasteiger partial charge in [-0.15, -0.1) is 0 Å². The van der Waals surface area contributed by atoms with E-state index in [1.165, 1.54) is 15.7 Å². The third-order valence-electron chi connectivity index (χ3n) is 5.51. The van der Waals surface area contributed by atoms with Crippen molar-refractivity contribution in [2.24, 2.45) is 0 Å². The lowest BCUT2D eigenvalue weighted by Crippen LogP contribution is -2.27. The smallest absolute Gasteiger partial charge is 0.293 e. The molecule has 5 heteroatoms. The number of benzene rings is 4. The average molecular weight is 452 g/mol. The minimum atomic E-state index is -0.259. The van der Waals surface area contributed by atoms with E-state index >= 15 is 0 Å². The van der Waals surface area contributed by atoms with Crippen LogP contribution in [0.1, 0.15) is 16.7 Å². The predicted molar refractivity (Wildman–Crippen MR) is 133 cm³/mol. The van der Waals surface area contributed by atoms with E-state index in [4.69, 9.17) is 4.74 Å². The van der Waals surface area contributed by atoms with E-state index in [0.29, 0.717) is 11.5 Å². The van der Waals surface area contributed by atoms with E-state index in [1.54, 1.807) is 6.08 Å². The quantitative estimate of drug-likeness (QED) is 0.308. The molecule has 4 nitrogen and oxygen atoms in total. The highest BCUT2D eigenvalue weighted by molar-refractivity contribution is 8.18. The number of amides is 2. The Kier molecular flexibility index (Phi) is 5.96. The standard InChI is InChI=1S/C28H21NO3S/c30-27-26(33-28(31)29(27)18-21-7-2-1-3-8-21)17-20-13-15-24(16-14-20)32-19-23-11-6-10-22-9-4-5-12-25(22)23/h1-17H,18-19H2/b26-17+. The van der Waals surface area contributed by atoms with Crippen molar-refractivity contribution in [3.63, 3.8) is 0 Å². The molecular formula is C28H21NO3S. The van der Waals surface area contributed by atoms with Crippen LogP contribution in [0.5, 0.6) is 5.75 Å². The highest BCUT2D eigenvalue weighted by Gasteiger charge is 2.34. The van der Waals surface area contributed by atoms with Crippen molar-refractivity contribution in [1.82, 2.24) is 4.90 Å². The second-order valence-corrected chi connectivity index (χ2v) is 8.74. The van der Waals surface area contributed by atoms with Crippen LogP contribution < -0.4 is 4.74 Å². The zero-order valence-corrected chi connectivity index (χ0v) is 18.6. The first-order chi connectivity index (χ1) is 16.2. The van der Waals surface area contributed by atoms with E-state index in [-0.39, 0.29) is 17.7 Å². The molecule has 4 aromatic carbocycles. The Morgan fingerprint density at radius 3 is 2.33 bits per heavy atom. The molecule has 1 fully saturated rings. The van der Waals surface area contributed by atoms with Crippen LogP contribution in [-0.2, 0) is 17.9 Å². The van der Waals surface area contributed by atoms with Gasteiger partial charge in [-0.05, 0) is 57.4 Å². The Labute approximate surface area is 196 Å². The van der Waals surface area contributed by atoms with Gasteiger partial charge in [0.15, 0.2) is 0 Å². The molecule has 0 aromatic heterocycles. The predicted octanol–water partition coefficient (Wildman–Crippen LogP) is 6.66. The summed E-state index contributed by atoms with van der Waals surface area (Å²) in [4.78, 5) is 26.8. The van der Waals surface area contributed by atoms with Gasteiger partial charge in [-0.2, -0.15) is 0 Å². The summed E-state index contributed by atoms with van der Waals surface area (Å²) in [5.41, 5.74) is 2.90. The highest BCUT2D eigenvalue weighted by atomic mass is 32.2. The third kappa shape index (κ3) is 4.69. The van der Waals surface area contributed by atoms with Gasteiger partial charge >= 0.3 is 0 Å². The summed E-state index contributed by atoms with van der Waals surface area (Å²) in [6, 6.07) is 31.5. The molecule has 0 aliphatic carbocycles. The number of carbonyl (C=O) groups excluding carboxylic acids is 2. The first kappa shape index (κ1) is 21.0. The van der Waals surface area contributed by atoms with Crippen LogP contribution in [0.3, 0.4) is 0 Å². The molecule has 1 heterocycles. The maximum absolute atomic E-state index is 12.7. The van der Waals surface area contributed by atoms with Gasteiger partial charge in [0.25, 0.3) is 11.1 Å². The average Bonchev–Trinajstić information content (AvgIpc) is 3.11. The molecule has 1 aliphatic rings. The van der Waals surface area contributed by atoms with Crippen molar-refractivity contribution >= 4 is 39.8 Å². The van der Waals surface area contributed by atoms with Crippen molar-refractivity contribution in [2.45, 2.75) is 13.2 Å². The highest BCUT2D eigenvalue weighted by Crippen LogP contribution is 2.33. The number of thioether (sulfide) groups is 1. The molecule has 1 aliphatic heterocycles. The van der Waals surface area contributed by atoms with Gasteiger partial charge < -0.3 is 4.74 Å². The van der Waals surface area contributed by atoms with Crippen LogP contribution in [0.15, 0.2) is 102 Å². The van der Waals surface area contributed by atoms with E-state index in [9.17, 15) is 9.59 Å². The molecule has 4 aromatic rings. The molecule has 0 radical (unpaired) electrons. The fraction of sp³-hybridized carbons (Fsp3) is 0.0714. The Hall–Kier alpha value is -3.83. The van der Waals surface area contributed by atoms with E-state index in [1.807, 2.05) is 72.8 Å². The monoisotopic (exact) mass is 451 g/mol. The van der Waals surface area contributed by atoms with Crippen LogP contribution in [0.4, 0.5) is 4.79 Å². The number of fused-ring (bicyclic) bond motifs is 1. The van der Waals surface area contributed by atoms with E-state index < -0.39 is 0 Å². The zero-order valence-electron chi connectivity index (χ0n) is 17.8. The molecule has 1 saturated heterocycles. The SMILES string of the molecule is O=C1S/C(=C/c2ccc(OCc3cccc4ccccc34)cc2)C(=O)N1Cc1ccccc1. The molecule has 0 bridgehead atoms. The van der Waals surface area contributed by atoms with Crippen LogP contribution in [0, 0.1) is 0 Å². The molecular weight excluding hydrogens is 430 g/mol. The molecule has 2 amide bonds. The molecule has 0 unspecified atom stereocenters. The first-order valence-electron chi connectivity index (χ1n) is 10.7. The normalized spacial score (nSPS) is 14.9. The van der Waals surface area contributed by atoms with Gasteiger partial charge in [-0.1, -0.05) is 84.9 Å². The van der Waals surface area contributed by atoms with Gasteiger partial charge in [0.2, 0.25) is 0 Å². The summed E-state index contributed by atoms with van der Waals surface area (Å²) in [5.74, 6) is 0.488.